The van der Waals surface area contributed by atoms with Gasteiger partial charge in [0, 0.05) is 18.4 Å². The Hall–Kier alpha value is -2.75. The van der Waals surface area contributed by atoms with Crippen LogP contribution in [0.15, 0.2) is 30.6 Å². The van der Waals surface area contributed by atoms with E-state index in [2.05, 4.69) is 20.4 Å². The van der Waals surface area contributed by atoms with Crippen molar-refractivity contribution in [2.75, 3.05) is 11.9 Å². The first-order chi connectivity index (χ1) is 13.3. The van der Waals surface area contributed by atoms with Crippen molar-refractivity contribution in [3.05, 3.63) is 53.2 Å². The predicted octanol–water partition coefficient (Wildman–Crippen LogP) is 3.31. The number of fused-ring (bicyclic) bond motifs is 1. The van der Waals surface area contributed by atoms with Crippen LogP contribution in [-0.4, -0.2) is 31.3 Å². The molecule has 1 aliphatic rings. The summed E-state index contributed by atoms with van der Waals surface area (Å²) in [6.07, 6.45) is -1.03. The summed E-state index contributed by atoms with van der Waals surface area (Å²) in [5.41, 5.74) is -0.799. The molecule has 4 rings (SSSR count). The maximum atomic E-state index is 14.0. The van der Waals surface area contributed by atoms with Gasteiger partial charge in [0.25, 0.3) is 5.78 Å². The minimum absolute atomic E-state index is 0.0249. The number of rotatable bonds is 6. The number of benzene rings is 1. The Morgan fingerprint density at radius 3 is 2.64 bits per heavy atom. The number of nitrogens with one attached hydrogen (secondary N) is 1. The highest BCUT2D eigenvalue weighted by atomic mass is 19.4. The lowest BCUT2D eigenvalue weighted by Crippen LogP contribution is -2.22. The van der Waals surface area contributed by atoms with Gasteiger partial charge in [0.1, 0.15) is 18.0 Å². The van der Waals surface area contributed by atoms with Crippen LogP contribution in [0.4, 0.5) is 23.4 Å². The van der Waals surface area contributed by atoms with Crippen molar-refractivity contribution in [1.29, 1.82) is 0 Å². The van der Waals surface area contributed by atoms with Crippen LogP contribution in [0.2, 0.25) is 0 Å². The summed E-state index contributed by atoms with van der Waals surface area (Å²) >= 11 is 0. The number of anilines is 1. The first kappa shape index (κ1) is 18.6. The molecular weight excluding hydrogens is 378 g/mol. The molecule has 0 bridgehead atoms. The van der Waals surface area contributed by atoms with E-state index in [4.69, 9.17) is 5.11 Å². The number of aromatic nitrogens is 4. The van der Waals surface area contributed by atoms with E-state index in [9.17, 15) is 17.6 Å². The zero-order valence-electron chi connectivity index (χ0n) is 14.7. The lowest BCUT2D eigenvalue weighted by Gasteiger charge is -2.21. The summed E-state index contributed by atoms with van der Waals surface area (Å²) in [5, 5.41) is 16.4. The van der Waals surface area contributed by atoms with Crippen LogP contribution >= 0.6 is 0 Å². The summed E-state index contributed by atoms with van der Waals surface area (Å²) in [4.78, 5) is 8.44. The van der Waals surface area contributed by atoms with Crippen molar-refractivity contribution >= 4 is 11.6 Å². The molecular formula is C18H17F4N5O. The third kappa shape index (κ3) is 3.39. The Morgan fingerprint density at radius 2 is 2.00 bits per heavy atom. The van der Waals surface area contributed by atoms with Crippen molar-refractivity contribution in [3.63, 3.8) is 0 Å². The summed E-state index contributed by atoms with van der Waals surface area (Å²) in [6.45, 7) is 0.0249. The summed E-state index contributed by atoms with van der Waals surface area (Å²) in [7, 11) is 0. The maximum Gasteiger partial charge on any atom is 0.419 e. The second-order valence-corrected chi connectivity index (χ2v) is 6.83. The molecule has 28 heavy (non-hydrogen) atoms. The average molecular weight is 395 g/mol. The number of aliphatic hydroxyl groups excluding tert-OH is 1. The van der Waals surface area contributed by atoms with E-state index in [1.807, 2.05) is 0 Å². The molecule has 0 atom stereocenters. The molecule has 2 aromatic heterocycles. The molecule has 148 valence electrons. The third-order valence-corrected chi connectivity index (χ3v) is 4.84. The second kappa shape index (κ2) is 6.69. The van der Waals surface area contributed by atoms with Crippen molar-refractivity contribution in [2.45, 2.75) is 37.4 Å². The fourth-order valence-corrected chi connectivity index (χ4v) is 3.24. The van der Waals surface area contributed by atoms with E-state index in [0.717, 1.165) is 12.1 Å². The van der Waals surface area contributed by atoms with Crippen LogP contribution in [0.1, 0.15) is 36.1 Å². The molecule has 1 saturated carbocycles. The summed E-state index contributed by atoms with van der Waals surface area (Å²) in [5.74, 6) is -0.358. The molecule has 2 heterocycles. The number of aryl methyl sites for hydroxylation is 1. The van der Waals surface area contributed by atoms with Gasteiger partial charge in [-0.15, -0.1) is 0 Å². The smallest absolute Gasteiger partial charge is 0.396 e. The van der Waals surface area contributed by atoms with Crippen LogP contribution in [0.5, 0.6) is 0 Å². The van der Waals surface area contributed by atoms with E-state index in [1.54, 1.807) is 6.07 Å². The number of hydrogen-bond acceptors (Lipinski definition) is 5. The Bertz CT molecular complexity index is 1010. The molecule has 10 heteroatoms. The van der Waals surface area contributed by atoms with Crippen molar-refractivity contribution in [3.8, 4) is 0 Å². The molecule has 3 aromatic rings. The Balaban J connectivity index is 1.67. The monoisotopic (exact) mass is 395 g/mol. The molecule has 0 aliphatic heterocycles. The molecule has 1 aliphatic carbocycles. The van der Waals surface area contributed by atoms with Crippen LogP contribution in [0.3, 0.4) is 0 Å². The van der Waals surface area contributed by atoms with Gasteiger partial charge in [0.2, 0.25) is 0 Å². The highest BCUT2D eigenvalue weighted by Gasteiger charge is 2.46. The molecule has 1 aromatic carbocycles. The van der Waals surface area contributed by atoms with Gasteiger partial charge in [-0.25, -0.2) is 9.37 Å². The third-order valence-electron chi connectivity index (χ3n) is 4.84. The van der Waals surface area contributed by atoms with Gasteiger partial charge in [0.05, 0.1) is 11.1 Å². The fourth-order valence-electron chi connectivity index (χ4n) is 3.24. The fraction of sp³-hybridized carbons (Fsp3) is 0.389. The molecule has 0 saturated heterocycles. The molecule has 0 spiro atoms. The molecule has 0 unspecified atom stereocenters. The van der Waals surface area contributed by atoms with Gasteiger partial charge in [-0.3, -0.25) is 0 Å². The van der Waals surface area contributed by atoms with Gasteiger partial charge in [0.15, 0.2) is 0 Å². The Labute approximate surface area is 157 Å². The predicted molar refractivity (Wildman–Crippen MR) is 92.1 cm³/mol. The largest absolute Gasteiger partial charge is 0.419 e. The van der Waals surface area contributed by atoms with E-state index < -0.39 is 23.1 Å². The molecule has 0 amide bonds. The zero-order chi connectivity index (χ0) is 19.9. The van der Waals surface area contributed by atoms with Gasteiger partial charge < -0.3 is 10.4 Å². The van der Waals surface area contributed by atoms with Crippen LogP contribution < -0.4 is 5.32 Å². The number of alkyl halides is 3. The Kier molecular flexibility index (Phi) is 4.45. The van der Waals surface area contributed by atoms with E-state index in [1.165, 1.54) is 16.9 Å². The SMILES string of the molecule is OCCCc1cc(NC2(c3ccc(C(F)(F)F)c(F)c3)CC2)n2ncnc2n1. The van der Waals surface area contributed by atoms with Crippen molar-refractivity contribution in [2.24, 2.45) is 0 Å². The van der Waals surface area contributed by atoms with Crippen LogP contribution in [-0.2, 0) is 18.1 Å². The average Bonchev–Trinajstić information content (AvgIpc) is 3.26. The summed E-state index contributed by atoms with van der Waals surface area (Å²) < 4.78 is 54.0. The van der Waals surface area contributed by atoms with Crippen molar-refractivity contribution < 1.29 is 22.7 Å². The standard InChI is InChI=1S/C18H17F4N5O/c19-14-8-11(3-4-13(14)18(20,21)22)17(5-6-17)26-15-9-12(2-1-7-28)25-16-23-10-24-27(15)16/h3-4,8-10,26,28H,1-2,5-7H2. The highest BCUT2D eigenvalue weighted by Crippen LogP contribution is 2.49. The first-order valence-corrected chi connectivity index (χ1v) is 8.78. The van der Waals surface area contributed by atoms with Crippen molar-refractivity contribution in [1.82, 2.24) is 19.6 Å². The lowest BCUT2D eigenvalue weighted by molar-refractivity contribution is -0.140. The Morgan fingerprint density at radius 1 is 1.21 bits per heavy atom. The van der Waals surface area contributed by atoms with Gasteiger partial charge >= 0.3 is 6.18 Å². The zero-order valence-corrected chi connectivity index (χ0v) is 14.7. The molecule has 0 radical (unpaired) electrons. The van der Waals surface area contributed by atoms with E-state index in [0.29, 0.717) is 48.5 Å². The molecule has 1 fully saturated rings. The quantitative estimate of drug-likeness (QED) is 0.627. The number of aliphatic hydroxyl groups is 1. The minimum Gasteiger partial charge on any atom is -0.396 e. The molecule has 6 nitrogen and oxygen atoms in total. The second-order valence-electron chi connectivity index (χ2n) is 6.83. The minimum atomic E-state index is -4.73. The summed E-state index contributed by atoms with van der Waals surface area (Å²) in [6, 6.07) is 4.78. The highest BCUT2D eigenvalue weighted by molar-refractivity contribution is 5.51. The number of hydrogen-bond donors (Lipinski definition) is 2. The topological polar surface area (TPSA) is 75.3 Å². The lowest BCUT2D eigenvalue weighted by atomic mass is 10.0. The molecule has 2 N–H and O–H groups in total. The van der Waals surface area contributed by atoms with Crippen LogP contribution in [0.25, 0.3) is 5.78 Å². The van der Waals surface area contributed by atoms with E-state index in [-0.39, 0.29) is 6.61 Å². The number of nitrogens with zero attached hydrogens (tertiary/aromatic N) is 4. The van der Waals surface area contributed by atoms with Crippen LogP contribution in [0, 0.1) is 5.82 Å². The van der Waals surface area contributed by atoms with E-state index >= 15 is 0 Å². The number of halogens is 4. The van der Waals surface area contributed by atoms with Gasteiger partial charge in [-0.05, 0) is 43.4 Å². The normalized spacial score (nSPS) is 15.8. The van der Waals surface area contributed by atoms with Gasteiger partial charge in [-0.1, -0.05) is 6.07 Å². The van der Waals surface area contributed by atoms with Gasteiger partial charge in [-0.2, -0.15) is 27.8 Å². The maximum absolute atomic E-state index is 14.0. The first-order valence-electron chi connectivity index (χ1n) is 8.78.